The van der Waals surface area contributed by atoms with E-state index in [4.69, 9.17) is 5.73 Å². The summed E-state index contributed by atoms with van der Waals surface area (Å²) in [7, 11) is -3.30. The molecular weight excluding hydrogens is 214 g/mol. The van der Waals surface area contributed by atoms with Crippen LogP contribution in [0.25, 0.3) is 0 Å². The zero-order chi connectivity index (χ0) is 11.5. The van der Waals surface area contributed by atoms with Crippen LogP contribution in [0.5, 0.6) is 0 Å². The van der Waals surface area contributed by atoms with Gasteiger partial charge >= 0.3 is 0 Å². The maximum Gasteiger partial charge on any atom is 0.279 e. The molecule has 0 spiro atoms. The molecule has 0 radical (unpaired) electrons. The average Bonchev–Trinajstić information content (AvgIpc) is 2.18. The number of hydrogen-bond acceptors (Lipinski definition) is 3. The van der Waals surface area contributed by atoms with Gasteiger partial charge in [-0.2, -0.15) is 12.7 Å². The van der Waals surface area contributed by atoms with Gasteiger partial charge in [0.2, 0.25) is 0 Å². The molecule has 0 amide bonds. The summed E-state index contributed by atoms with van der Waals surface area (Å²) in [6.45, 7) is 5.27. The maximum absolute atomic E-state index is 11.8. The molecule has 0 aromatic carbocycles. The molecule has 1 heterocycles. The summed E-state index contributed by atoms with van der Waals surface area (Å²) >= 11 is 0. The van der Waals surface area contributed by atoms with Crippen molar-refractivity contribution < 1.29 is 8.42 Å². The molecule has 1 aliphatic rings. The quantitative estimate of drug-likeness (QED) is 0.714. The van der Waals surface area contributed by atoms with Crippen LogP contribution < -0.4 is 10.5 Å². The van der Waals surface area contributed by atoms with E-state index in [0.717, 1.165) is 12.8 Å². The fraction of sp³-hybridized carbons (Fsp3) is 1.00. The van der Waals surface area contributed by atoms with E-state index in [1.807, 2.05) is 6.92 Å². The van der Waals surface area contributed by atoms with Gasteiger partial charge in [0.25, 0.3) is 10.2 Å². The van der Waals surface area contributed by atoms with Crippen LogP contribution in [0, 0.1) is 5.92 Å². The Kier molecular flexibility index (Phi) is 4.51. The summed E-state index contributed by atoms with van der Waals surface area (Å²) in [5, 5.41) is 0. The fourth-order valence-electron chi connectivity index (χ4n) is 1.94. The summed E-state index contributed by atoms with van der Waals surface area (Å²) < 4.78 is 27.7. The van der Waals surface area contributed by atoms with E-state index < -0.39 is 10.2 Å². The molecule has 0 aliphatic carbocycles. The minimum Gasteiger partial charge on any atom is -0.330 e. The lowest BCUT2D eigenvalue weighted by Gasteiger charge is -2.36. The monoisotopic (exact) mass is 235 g/mol. The first-order valence-electron chi connectivity index (χ1n) is 5.47. The summed E-state index contributed by atoms with van der Waals surface area (Å²) in [6, 6.07) is 0.0804. The van der Waals surface area contributed by atoms with Crippen molar-refractivity contribution in [3.05, 3.63) is 0 Å². The molecule has 1 aliphatic heterocycles. The lowest BCUT2D eigenvalue weighted by atomic mass is 9.96. The highest BCUT2D eigenvalue weighted by Gasteiger charge is 2.32. The van der Waals surface area contributed by atoms with Crippen molar-refractivity contribution in [3.8, 4) is 0 Å². The molecule has 15 heavy (non-hydrogen) atoms. The molecule has 6 heteroatoms. The first-order valence-corrected chi connectivity index (χ1v) is 6.91. The summed E-state index contributed by atoms with van der Waals surface area (Å²) in [6.07, 6.45) is 1.92. The maximum atomic E-state index is 11.8. The van der Waals surface area contributed by atoms with Crippen molar-refractivity contribution in [1.29, 1.82) is 0 Å². The molecule has 1 rings (SSSR count). The first-order chi connectivity index (χ1) is 7.01. The molecule has 1 saturated heterocycles. The minimum absolute atomic E-state index is 0.0804. The Morgan fingerprint density at radius 2 is 2.13 bits per heavy atom. The molecule has 0 aromatic rings. The number of nitrogens with zero attached hydrogens (tertiary/aromatic N) is 1. The van der Waals surface area contributed by atoms with Gasteiger partial charge in [0.15, 0.2) is 0 Å². The van der Waals surface area contributed by atoms with E-state index >= 15 is 0 Å². The van der Waals surface area contributed by atoms with Gasteiger partial charge in [0.05, 0.1) is 0 Å². The van der Waals surface area contributed by atoms with Crippen LogP contribution >= 0.6 is 0 Å². The molecule has 2 unspecified atom stereocenters. The van der Waals surface area contributed by atoms with Crippen LogP contribution in [0.3, 0.4) is 0 Å². The van der Waals surface area contributed by atoms with E-state index in [2.05, 4.69) is 4.72 Å². The number of nitrogens with two attached hydrogens (primary N) is 1. The van der Waals surface area contributed by atoms with Crippen molar-refractivity contribution in [2.24, 2.45) is 11.7 Å². The SMILES string of the molecule is CCNS(=O)(=O)N1CC(CN)CCC1C. The largest absolute Gasteiger partial charge is 0.330 e. The van der Waals surface area contributed by atoms with E-state index in [1.165, 1.54) is 4.31 Å². The molecule has 0 saturated carbocycles. The van der Waals surface area contributed by atoms with Gasteiger partial charge in [0, 0.05) is 19.1 Å². The zero-order valence-electron chi connectivity index (χ0n) is 9.44. The van der Waals surface area contributed by atoms with E-state index in [-0.39, 0.29) is 6.04 Å². The fourth-order valence-corrected chi connectivity index (χ4v) is 3.46. The Morgan fingerprint density at radius 1 is 1.47 bits per heavy atom. The Labute approximate surface area is 92.2 Å². The molecule has 3 N–H and O–H groups in total. The van der Waals surface area contributed by atoms with Gasteiger partial charge in [-0.05, 0) is 32.2 Å². The average molecular weight is 235 g/mol. The van der Waals surface area contributed by atoms with Crippen LogP contribution in [0.1, 0.15) is 26.7 Å². The van der Waals surface area contributed by atoms with Gasteiger partial charge < -0.3 is 5.73 Å². The molecule has 0 aromatic heterocycles. The van der Waals surface area contributed by atoms with Crippen LogP contribution in [-0.2, 0) is 10.2 Å². The van der Waals surface area contributed by atoms with E-state index in [1.54, 1.807) is 6.92 Å². The first kappa shape index (κ1) is 12.9. The highest BCUT2D eigenvalue weighted by atomic mass is 32.2. The van der Waals surface area contributed by atoms with Crippen LogP contribution in [0.4, 0.5) is 0 Å². The summed E-state index contributed by atoms with van der Waals surface area (Å²) in [5.41, 5.74) is 5.59. The lowest BCUT2D eigenvalue weighted by molar-refractivity contribution is 0.209. The van der Waals surface area contributed by atoms with Gasteiger partial charge in [0.1, 0.15) is 0 Å². The molecule has 5 nitrogen and oxygen atoms in total. The topological polar surface area (TPSA) is 75.4 Å². The van der Waals surface area contributed by atoms with Crippen LogP contribution in [0.2, 0.25) is 0 Å². The molecular formula is C9H21N3O2S. The van der Waals surface area contributed by atoms with Crippen molar-refractivity contribution in [1.82, 2.24) is 9.03 Å². The van der Waals surface area contributed by atoms with Crippen molar-refractivity contribution in [3.63, 3.8) is 0 Å². The molecule has 90 valence electrons. The zero-order valence-corrected chi connectivity index (χ0v) is 10.3. The lowest BCUT2D eigenvalue weighted by Crippen LogP contribution is -2.51. The Hall–Kier alpha value is -0.170. The predicted molar refractivity (Wildman–Crippen MR) is 60.5 cm³/mol. The Balaban J connectivity index is 2.73. The highest BCUT2D eigenvalue weighted by molar-refractivity contribution is 7.87. The second kappa shape index (κ2) is 5.25. The third kappa shape index (κ3) is 3.14. The van der Waals surface area contributed by atoms with E-state index in [0.29, 0.717) is 25.6 Å². The predicted octanol–water partition coefficient (Wildman–Crippen LogP) is -0.100. The highest BCUT2D eigenvalue weighted by Crippen LogP contribution is 2.23. The van der Waals surface area contributed by atoms with Crippen LogP contribution in [0.15, 0.2) is 0 Å². The minimum atomic E-state index is -3.30. The number of hydrogen-bond donors (Lipinski definition) is 2. The molecule has 2 atom stereocenters. The van der Waals surface area contributed by atoms with Gasteiger partial charge in [-0.3, -0.25) is 0 Å². The normalized spacial score (nSPS) is 29.3. The summed E-state index contributed by atoms with van der Waals surface area (Å²) in [4.78, 5) is 0. The van der Waals surface area contributed by atoms with Gasteiger partial charge in [-0.25, -0.2) is 4.72 Å². The van der Waals surface area contributed by atoms with E-state index in [9.17, 15) is 8.42 Å². The molecule has 1 fully saturated rings. The standard InChI is InChI=1S/C9H21N3O2S/c1-3-11-15(13,14)12-7-9(6-10)5-4-8(12)2/h8-9,11H,3-7,10H2,1-2H3. The van der Waals surface area contributed by atoms with Gasteiger partial charge in [-0.15, -0.1) is 0 Å². The molecule has 0 bridgehead atoms. The van der Waals surface area contributed by atoms with Crippen molar-refractivity contribution >= 4 is 10.2 Å². The number of rotatable bonds is 4. The second-order valence-electron chi connectivity index (χ2n) is 4.10. The van der Waals surface area contributed by atoms with Gasteiger partial charge in [-0.1, -0.05) is 6.92 Å². The third-order valence-electron chi connectivity index (χ3n) is 2.89. The Morgan fingerprint density at radius 3 is 2.67 bits per heavy atom. The number of nitrogens with one attached hydrogen (secondary N) is 1. The van der Waals surface area contributed by atoms with Crippen molar-refractivity contribution in [2.75, 3.05) is 19.6 Å². The smallest absolute Gasteiger partial charge is 0.279 e. The number of piperidine rings is 1. The third-order valence-corrected chi connectivity index (χ3v) is 4.67. The Bertz CT molecular complexity index is 292. The summed E-state index contributed by atoms with van der Waals surface area (Å²) in [5.74, 6) is 0.301. The second-order valence-corrected chi connectivity index (χ2v) is 5.81. The van der Waals surface area contributed by atoms with Crippen molar-refractivity contribution in [2.45, 2.75) is 32.7 Å². The van der Waals surface area contributed by atoms with Crippen LogP contribution in [-0.4, -0.2) is 38.4 Å².